The Labute approximate surface area is 452 Å². The molecular formula is C67H116O6. The van der Waals surface area contributed by atoms with Gasteiger partial charge in [-0.3, -0.25) is 14.4 Å². The first kappa shape index (κ1) is 69.6. The molecule has 0 aromatic carbocycles. The summed E-state index contributed by atoms with van der Waals surface area (Å²) in [5, 5.41) is 0. The third-order valence-corrected chi connectivity index (χ3v) is 13.4. The Balaban J connectivity index is 4.25. The van der Waals surface area contributed by atoms with Crippen LogP contribution in [0.2, 0.25) is 0 Å². The topological polar surface area (TPSA) is 78.9 Å². The van der Waals surface area contributed by atoms with Crippen molar-refractivity contribution in [1.82, 2.24) is 0 Å². The second-order valence-corrected chi connectivity index (χ2v) is 20.6. The number of unbranched alkanes of at least 4 members (excludes halogenated alkanes) is 31. The molecule has 0 spiro atoms. The summed E-state index contributed by atoms with van der Waals surface area (Å²) in [4.78, 5) is 38.2. The molecular weight excluding hydrogens is 901 g/mol. The van der Waals surface area contributed by atoms with Crippen LogP contribution in [-0.4, -0.2) is 37.2 Å². The number of hydrogen-bond acceptors (Lipinski definition) is 6. The molecule has 0 fully saturated rings. The minimum absolute atomic E-state index is 0.0834. The van der Waals surface area contributed by atoms with E-state index in [-0.39, 0.29) is 31.1 Å². The summed E-state index contributed by atoms with van der Waals surface area (Å²) in [5.74, 6) is -0.897. The minimum Gasteiger partial charge on any atom is -0.462 e. The summed E-state index contributed by atoms with van der Waals surface area (Å²) in [6.45, 7) is 6.48. The molecule has 6 heteroatoms. The monoisotopic (exact) mass is 1020 g/mol. The van der Waals surface area contributed by atoms with Crippen LogP contribution in [0.3, 0.4) is 0 Å². The largest absolute Gasteiger partial charge is 0.462 e. The molecule has 0 aromatic heterocycles. The summed E-state index contributed by atoms with van der Waals surface area (Å²) < 4.78 is 16.9. The maximum atomic E-state index is 12.9. The first-order valence-corrected chi connectivity index (χ1v) is 31.1. The normalized spacial score (nSPS) is 12.6. The van der Waals surface area contributed by atoms with Gasteiger partial charge in [-0.25, -0.2) is 0 Å². The zero-order chi connectivity index (χ0) is 52.9. The van der Waals surface area contributed by atoms with Gasteiger partial charge in [-0.15, -0.1) is 0 Å². The van der Waals surface area contributed by atoms with Crippen molar-refractivity contribution in [2.24, 2.45) is 0 Å². The van der Waals surface area contributed by atoms with E-state index in [1.54, 1.807) is 0 Å². The van der Waals surface area contributed by atoms with E-state index >= 15 is 0 Å². The Hall–Kier alpha value is -3.41. The van der Waals surface area contributed by atoms with Crippen molar-refractivity contribution in [1.29, 1.82) is 0 Å². The summed E-state index contributed by atoms with van der Waals surface area (Å²) >= 11 is 0. The van der Waals surface area contributed by atoms with Crippen LogP contribution >= 0.6 is 0 Å². The molecule has 0 heterocycles. The highest BCUT2D eigenvalue weighted by molar-refractivity contribution is 5.71. The van der Waals surface area contributed by atoms with Gasteiger partial charge in [-0.1, -0.05) is 260 Å². The highest BCUT2D eigenvalue weighted by atomic mass is 16.6. The van der Waals surface area contributed by atoms with Crippen LogP contribution in [0.1, 0.15) is 303 Å². The average molecular weight is 1020 g/mol. The number of allylic oxidation sites excluding steroid dienone is 14. The number of ether oxygens (including phenoxy) is 3. The molecule has 1 unspecified atom stereocenters. The summed E-state index contributed by atoms with van der Waals surface area (Å²) in [6, 6.07) is 0. The van der Waals surface area contributed by atoms with Crippen molar-refractivity contribution < 1.29 is 28.6 Å². The van der Waals surface area contributed by atoms with Crippen molar-refractivity contribution in [2.45, 2.75) is 309 Å². The van der Waals surface area contributed by atoms with E-state index in [0.717, 1.165) is 103 Å². The van der Waals surface area contributed by atoms with Crippen LogP contribution in [0.5, 0.6) is 0 Å². The first-order chi connectivity index (χ1) is 36.0. The van der Waals surface area contributed by atoms with E-state index in [1.165, 1.54) is 161 Å². The molecule has 0 saturated heterocycles. The van der Waals surface area contributed by atoms with E-state index < -0.39 is 6.10 Å². The van der Waals surface area contributed by atoms with Crippen LogP contribution in [0.4, 0.5) is 0 Å². The van der Waals surface area contributed by atoms with Crippen LogP contribution < -0.4 is 0 Å². The van der Waals surface area contributed by atoms with Crippen LogP contribution in [0, 0.1) is 0 Å². The van der Waals surface area contributed by atoms with E-state index in [1.807, 2.05) is 0 Å². The smallest absolute Gasteiger partial charge is 0.306 e. The van der Waals surface area contributed by atoms with Gasteiger partial charge in [0.05, 0.1) is 0 Å². The molecule has 0 bridgehead atoms. The van der Waals surface area contributed by atoms with Gasteiger partial charge in [0.1, 0.15) is 13.2 Å². The molecule has 6 nitrogen and oxygen atoms in total. The lowest BCUT2D eigenvalue weighted by Crippen LogP contribution is -2.30. The van der Waals surface area contributed by atoms with Gasteiger partial charge in [0.15, 0.2) is 6.10 Å². The van der Waals surface area contributed by atoms with Gasteiger partial charge < -0.3 is 14.2 Å². The van der Waals surface area contributed by atoms with Gasteiger partial charge in [0, 0.05) is 19.3 Å². The predicted octanol–water partition coefficient (Wildman–Crippen LogP) is 21.1. The predicted molar refractivity (Wildman–Crippen MR) is 316 cm³/mol. The number of carbonyl (C=O) groups excluding carboxylic acids is 3. The third kappa shape index (κ3) is 59.3. The molecule has 420 valence electrons. The molecule has 0 aromatic rings. The van der Waals surface area contributed by atoms with Crippen LogP contribution in [-0.2, 0) is 28.6 Å². The number of esters is 3. The fourth-order valence-electron chi connectivity index (χ4n) is 8.68. The lowest BCUT2D eigenvalue weighted by Gasteiger charge is -2.18. The maximum absolute atomic E-state index is 12.9. The Bertz CT molecular complexity index is 1400. The van der Waals surface area contributed by atoms with E-state index in [2.05, 4.69) is 106 Å². The van der Waals surface area contributed by atoms with Crippen molar-refractivity contribution in [3.05, 3.63) is 85.1 Å². The van der Waals surface area contributed by atoms with E-state index in [0.29, 0.717) is 19.3 Å². The molecule has 73 heavy (non-hydrogen) atoms. The fourth-order valence-corrected chi connectivity index (χ4v) is 8.68. The molecule has 0 aliphatic carbocycles. The zero-order valence-corrected chi connectivity index (χ0v) is 48.1. The molecule has 0 amide bonds. The summed E-state index contributed by atoms with van der Waals surface area (Å²) in [6.07, 6.45) is 80.2. The van der Waals surface area contributed by atoms with Gasteiger partial charge in [0.25, 0.3) is 0 Å². The van der Waals surface area contributed by atoms with Gasteiger partial charge >= 0.3 is 17.9 Å². The molecule has 0 aliphatic heterocycles. The van der Waals surface area contributed by atoms with Crippen LogP contribution in [0.25, 0.3) is 0 Å². The third-order valence-electron chi connectivity index (χ3n) is 13.4. The highest BCUT2D eigenvalue weighted by Gasteiger charge is 2.19. The molecule has 0 rings (SSSR count). The van der Waals surface area contributed by atoms with Crippen molar-refractivity contribution in [3.8, 4) is 0 Å². The van der Waals surface area contributed by atoms with Crippen molar-refractivity contribution >= 4 is 17.9 Å². The SMILES string of the molecule is CC/C=C\C/C=C\C/C=C\CCCCCCCCCC(=O)OC(COC(=O)CCCCCCC/C=C\CCCC)COC(=O)CCCCCCCCCCCCCC/C=C\C/C=C\C/C=C\CCCCCCC. The fraction of sp³-hybridized carbons (Fsp3) is 0.746. The van der Waals surface area contributed by atoms with Crippen molar-refractivity contribution in [3.63, 3.8) is 0 Å². The minimum atomic E-state index is -0.786. The van der Waals surface area contributed by atoms with Gasteiger partial charge in [0.2, 0.25) is 0 Å². The van der Waals surface area contributed by atoms with Gasteiger partial charge in [-0.05, 0) is 109 Å². The Morgan fingerprint density at radius 2 is 0.548 bits per heavy atom. The summed E-state index contributed by atoms with van der Waals surface area (Å²) in [7, 11) is 0. The first-order valence-electron chi connectivity index (χ1n) is 31.1. The Kier molecular flexibility index (Phi) is 58.3. The van der Waals surface area contributed by atoms with E-state index in [4.69, 9.17) is 14.2 Å². The molecule has 0 N–H and O–H groups in total. The summed E-state index contributed by atoms with van der Waals surface area (Å²) in [5.41, 5.74) is 0. The molecule has 1 atom stereocenters. The zero-order valence-electron chi connectivity index (χ0n) is 48.1. The number of rotatable bonds is 56. The Morgan fingerprint density at radius 3 is 0.890 bits per heavy atom. The van der Waals surface area contributed by atoms with Crippen LogP contribution in [0.15, 0.2) is 85.1 Å². The quantitative estimate of drug-likeness (QED) is 0.0261. The molecule has 0 radical (unpaired) electrons. The Morgan fingerprint density at radius 1 is 0.288 bits per heavy atom. The average Bonchev–Trinajstić information content (AvgIpc) is 3.39. The standard InChI is InChI=1S/C67H116O6/c1-4-7-10-13-16-19-22-24-26-28-29-30-31-32-33-34-35-36-37-39-40-42-45-48-51-54-57-60-66(69)72-63-64(62-71-65(68)59-56-53-50-47-44-21-18-15-12-9-6-3)73-67(70)61-58-55-52-49-46-43-41-38-27-25-23-20-17-14-11-8-5-2/h8,11,15,17-18,20,22,24-25,27-29,31-32,64H,4-7,9-10,12-14,16,19,21,23,26,30,33-63H2,1-3H3/b11-8-,18-15-,20-17-,24-22-,27-25-,29-28-,32-31-. The van der Waals surface area contributed by atoms with Crippen molar-refractivity contribution in [2.75, 3.05) is 13.2 Å². The van der Waals surface area contributed by atoms with E-state index in [9.17, 15) is 14.4 Å². The second-order valence-electron chi connectivity index (χ2n) is 20.6. The lowest BCUT2D eigenvalue weighted by molar-refractivity contribution is -0.167. The molecule has 0 aliphatic rings. The molecule has 0 saturated carbocycles. The number of carbonyl (C=O) groups is 3. The lowest BCUT2D eigenvalue weighted by atomic mass is 10.0. The number of hydrogen-bond donors (Lipinski definition) is 0. The second kappa shape index (κ2) is 61.1. The van der Waals surface area contributed by atoms with Gasteiger partial charge in [-0.2, -0.15) is 0 Å². The maximum Gasteiger partial charge on any atom is 0.306 e. The highest BCUT2D eigenvalue weighted by Crippen LogP contribution is 2.16.